The second-order valence-corrected chi connectivity index (χ2v) is 10.9. The number of rotatable bonds is 3. The zero-order valence-corrected chi connectivity index (χ0v) is 18.2. The molecule has 154 valence electrons. The van der Waals surface area contributed by atoms with Gasteiger partial charge in [0.05, 0.1) is 0 Å². The van der Waals surface area contributed by atoms with Gasteiger partial charge in [0.25, 0.3) is 0 Å². The third kappa shape index (κ3) is 2.47. The SMILES string of the molecule is C/C=C(/C)C(=O)O[C@@H]1[C@]23C=C[C@@]1(C)CC[C@@H]2[C@]1(C)CCC[C@@](C)(C=O)[C@H]1CC3. The summed E-state index contributed by atoms with van der Waals surface area (Å²) < 4.78 is 6.26. The van der Waals surface area contributed by atoms with Crippen LogP contribution in [0.2, 0.25) is 0 Å². The number of fused-ring (bicyclic) bond motifs is 3. The molecule has 1 spiro atoms. The van der Waals surface area contributed by atoms with E-state index in [9.17, 15) is 9.59 Å². The molecule has 0 aromatic carbocycles. The van der Waals surface area contributed by atoms with Gasteiger partial charge in [-0.1, -0.05) is 45.4 Å². The van der Waals surface area contributed by atoms with Crippen molar-refractivity contribution < 1.29 is 14.3 Å². The first-order valence-electron chi connectivity index (χ1n) is 11.2. The van der Waals surface area contributed by atoms with Crippen molar-refractivity contribution >= 4 is 12.3 Å². The van der Waals surface area contributed by atoms with Gasteiger partial charge < -0.3 is 9.53 Å². The predicted molar refractivity (Wildman–Crippen MR) is 111 cm³/mol. The average molecular weight is 385 g/mol. The molecule has 0 radical (unpaired) electrons. The molecule has 3 nitrogen and oxygen atoms in total. The normalized spacial score (nSPS) is 49.9. The highest BCUT2D eigenvalue weighted by atomic mass is 16.5. The minimum Gasteiger partial charge on any atom is -0.457 e. The molecule has 0 N–H and O–H groups in total. The Morgan fingerprint density at radius 3 is 2.43 bits per heavy atom. The van der Waals surface area contributed by atoms with E-state index in [1.54, 1.807) is 0 Å². The van der Waals surface area contributed by atoms with Crippen molar-refractivity contribution in [2.75, 3.05) is 0 Å². The molecule has 7 atom stereocenters. The van der Waals surface area contributed by atoms with Gasteiger partial charge in [0.1, 0.15) is 12.4 Å². The van der Waals surface area contributed by atoms with E-state index in [1.165, 1.54) is 19.1 Å². The maximum absolute atomic E-state index is 12.7. The van der Waals surface area contributed by atoms with Gasteiger partial charge in [-0.2, -0.15) is 0 Å². The van der Waals surface area contributed by atoms with Gasteiger partial charge in [-0.25, -0.2) is 4.79 Å². The van der Waals surface area contributed by atoms with E-state index in [0.717, 1.165) is 32.1 Å². The van der Waals surface area contributed by atoms with Crippen LogP contribution in [0.3, 0.4) is 0 Å². The lowest BCUT2D eigenvalue weighted by atomic mass is 9.40. The molecule has 4 aliphatic rings. The van der Waals surface area contributed by atoms with Gasteiger partial charge >= 0.3 is 5.97 Å². The molecule has 3 heteroatoms. The Morgan fingerprint density at radius 1 is 1.04 bits per heavy atom. The van der Waals surface area contributed by atoms with Crippen LogP contribution >= 0.6 is 0 Å². The van der Waals surface area contributed by atoms with E-state index in [2.05, 4.69) is 32.9 Å². The fourth-order valence-electron chi connectivity index (χ4n) is 7.83. The number of carbonyl (C=O) groups excluding carboxylic acids is 2. The lowest BCUT2D eigenvalue weighted by Gasteiger charge is -2.65. The van der Waals surface area contributed by atoms with Crippen molar-refractivity contribution in [3.63, 3.8) is 0 Å². The van der Waals surface area contributed by atoms with Crippen LogP contribution < -0.4 is 0 Å². The molecule has 0 unspecified atom stereocenters. The van der Waals surface area contributed by atoms with E-state index in [1.807, 2.05) is 19.9 Å². The molecule has 0 aromatic heterocycles. The van der Waals surface area contributed by atoms with Gasteiger partial charge in [-0.3, -0.25) is 0 Å². The highest BCUT2D eigenvalue weighted by Crippen LogP contribution is 2.72. The second kappa shape index (κ2) is 6.31. The zero-order chi connectivity index (χ0) is 20.4. The lowest BCUT2D eigenvalue weighted by molar-refractivity contribution is -0.201. The standard InChI is InChI=1S/C25H36O3/c1-6-17(2)20(27)28-21-22(3)12-8-19-24(5)11-7-10-23(4,16-26)18(24)9-13-25(19,21)15-14-22/h6,14-16,18-19,21H,7-13H2,1-5H3/b17-6-/t18-,19-,21+,22-,23+,24-,25-/m1/s1. The van der Waals surface area contributed by atoms with Crippen LogP contribution in [0.5, 0.6) is 0 Å². The van der Waals surface area contributed by atoms with E-state index in [4.69, 9.17) is 4.74 Å². The van der Waals surface area contributed by atoms with Crippen molar-refractivity contribution in [3.05, 3.63) is 23.8 Å². The number of hydrogen-bond acceptors (Lipinski definition) is 3. The Morgan fingerprint density at radius 2 is 1.75 bits per heavy atom. The fourth-order valence-corrected chi connectivity index (χ4v) is 7.83. The molecule has 0 aliphatic heterocycles. The largest absolute Gasteiger partial charge is 0.457 e. The topological polar surface area (TPSA) is 43.4 Å². The molecule has 0 saturated heterocycles. The van der Waals surface area contributed by atoms with Crippen LogP contribution in [-0.4, -0.2) is 18.4 Å². The van der Waals surface area contributed by atoms with Crippen molar-refractivity contribution in [2.24, 2.45) is 33.5 Å². The number of esters is 1. The van der Waals surface area contributed by atoms with Crippen molar-refractivity contribution in [1.82, 2.24) is 0 Å². The summed E-state index contributed by atoms with van der Waals surface area (Å²) in [6, 6.07) is 0. The van der Waals surface area contributed by atoms with Crippen LogP contribution in [0.25, 0.3) is 0 Å². The molecule has 4 aliphatic carbocycles. The highest BCUT2D eigenvalue weighted by molar-refractivity contribution is 5.87. The van der Waals surface area contributed by atoms with Crippen molar-refractivity contribution in [2.45, 2.75) is 85.7 Å². The van der Waals surface area contributed by atoms with E-state index in [0.29, 0.717) is 17.4 Å². The van der Waals surface area contributed by atoms with Gasteiger partial charge in [0.2, 0.25) is 0 Å². The molecule has 28 heavy (non-hydrogen) atoms. The van der Waals surface area contributed by atoms with E-state index >= 15 is 0 Å². The first kappa shape index (κ1) is 19.9. The second-order valence-electron chi connectivity index (χ2n) is 10.9. The average Bonchev–Trinajstić information content (AvgIpc) is 2.83. The lowest BCUT2D eigenvalue weighted by Crippen LogP contribution is -2.62. The quantitative estimate of drug-likeness (QED) is 0.274. The smallest absolute Gasteiger partial charge is 0.333 e. The first-order chi connectivity index (χ1) is 13.2. The summed E-state index contributed by atoms with van der Waals surface area (Å²) in [5.41, 5.74) is 0.496. The molecule has 0 aromatic rings. The fraction of sp³-hybridized carbons (Fsp3) is 0.760. The first-order valence-corrected chi connectivity index (χ1v) is 11.2. The minimum atomic E-state index is -0.203. The Balaban J connectivity index is 1.73. The maximum atomic E-state index is 12.7. The summed E-state index contributed by atoms with van der Waals surface area (Å²) in [6.07, 6.45) is 15.4. The van der Waals surface area contributed by atoms with Crippen LogP contribution in [0.1, 0.15) is 79.6 Å². The Bertz CT molecular complexity index is 751. The van der Waals surface area contributed by atoms with Gasteiger partial charge in [-0.05, 0) is 69.6 Å². The minimum absolute atomic E-state index is 0.0635. The van der Waals surface area contributed by atoms with Gasteiger partial charge in [-0.15, -0.1) is 0 Å². The zero-order valence-electron chi connectivity index (χ0n) is 18.2. The summed E-state index contributed by atoms with van der Waals surface area (Å²) in [4.78, 5) is 24.8. The van der Waals surface area contributed by atoms with Crippen LogP contribution in [0.15, 0.2) is 23.8 Å². The number of hydrogen-bond donors (Lipinski definition) is 0. The summed E-state index contributed by atoms with van der Waals surface area (Å²) in [5.74, 6) is 0.749. The highest BCUT2D eigenvalue weighted by Gasteiger charge is 2.68. The van der Waals surface area contributed by atoms with Crippen molar-refractivity contribution in [1.29, 1.82) is 0 Å². The van der Waals surface area contributed by atoms with Crippen LogP contribution in [0, 0.1) is 33.5 Å². The summed E-state index contributed by atoms with van der Waals surface area (Å²) in [5, 5.41) is 0. The third-order valence-electron chi connectivity index (χ3n) is 9.42. The molecule has 0 heterocycles. The summed E-state index contributed by atoms with van der Waals surface area (Å²) in [6.45, 7) is 10.6. The molecular formula is C25H36O3. The number of carbonyl (C=O) groups is 2. The number of allylic oxidation sites excluding steroid dienone is 1. The monoisotopic (exact) mass is 384 g/mol. The molecule has 3 fully saturated rings. The maximum Gasteiger partial charge on any atom is 0.333 e. The van der Waals surface area contributed by atoms with E-state index < -0.39 is 0 Å². The van der Waals surface area contributed by atoms with Gasteiger partial charge in [0.15, 0.2) is 0 Å². The third-order valence-corrected chi connectivity index (χ3v) is 9.42. The molecular weight excluding hydrogens is 348 g/mol. The number of ether oxygens (including phenoxy) is 1. The number of aldehydes is 1. The van der Waals surface area contributed by atoms with Crippen LogP contribution in [-0.2, 0) is 14.3 Å². The Hall–Kier alpha value is -1.38. The molecule has 3 saturated carbocycles. The van der Waals surface area contributed by atoms with Gasteiger partial charge in [0, 0.05) is 21.8 Å². The molecule has 2 bridgehead atoms. The predicted octanol–water partition coefficient (Wildman–Crippen LogP) is 5.64. The van der Waals surface area contributed by atoms with Crippen LogP contribution in [0.4, 0.5) is 0 Å². The van der Waals surface area contributed by atoms with E-state index in [-0.39, 0.29) is 33.7 Å². The summed E-state index contributed by atoms with van der Waals surface area (Å²) in [7, 11) is 0. The van der Waals surface area contributed by atoms with Crippen molar-refractivity contribution in [3.8, 4) is 0 Å². The Kier molecular flexibility index (Phi) is 4.49. The molecule has 0 amide bonds. The molecule has 4 rings (SSSR count). The summed E-state index contributed by atoms with van der Waals surface area (Å²) >= 11 is 0. The Labute approximate surface area is 170 Å².